The fourth-order valence-corrected chi connectivity index (χ4v) is 7.65. The highest BCUT2D eigenvalue weighted by molar-refractivity contribution is 7.47. The van der Waals surface area contributed by atoms with E-state index in [1.807, 2.05) is 12.2 Å². The smallest absolute Gasteiger partial charge is 0.462 e. The molecule has 7 unspecified atom stereocenters. The number of hydrogen-bond acceptors (Lipinski definition) is 13. The molecule has 1 aliphatic rings. The molecule has 7 atom stereocenters. The van der Waals surface area contributed by atoms with E-state index in [0.717, 1.165) is 122 Å². The predicted octanol–water partition coefficient (Wildman–Crippen LogP) is 7.92. The molecule has 0 aromatic heterocycles. The van der Waals surface area contributed by atoms with Crippen LogP contribution in [0.4, 0.5) is 0 Å². The second-order valence-corrected chi connectivity index (χ2v) is 17.5. The molecule has 0 saturated heterocycles. The molecule has 0 spiro atoms. The van der Waals surface area contributed by atoms with Crippen molar-refractivity contribution in [2.24, 2.45) is 0 Å². The second kappa shape index (κ2) is 36.8. The molecule has 0 aromatic carbocycles. The van der Waals surface area contributed by atoms with Gasteiger partial charge in [0.2, 0.25) is 0 Å². The number of phosphoric ester groups is 1. The van der Waals surface area contributed by atoms with Crippen LogP contribution in [0.25, 0.3) is 0 Å². The lowest BCUT2D eigenvalue weighted by Gasteiger charge is -2.41. The molecule has 0 bridgehead atoms. The standard InChI is InChI=1S/C47H81O14P/c1-3-5-7-8-9-10-11-12-13-14-15-16-17-20-23-26-30-34-40(49)58-36-39(37-59-62(56,57)61-47-45(54)43(52)42(51)44(53)46(47)55)60-41(50)35-31-27-24-21-18-19-22-25-29-33-38(48)32-28-6-4-2/h5,7,9-10,12-13,22,25,29,33,38-39,42-48,51-55H,3-4,6,8,11,14-21,23-24,26-28,30-32,34-37H2,1-2H3,(H,56,57)/b7-5-,10-9-,13-12-,25-22-,33-29+. The molecule has 14 nitrogen and oxygen atoms in total. The van der Waals surface area contributed by atoms with E-state index in [1.54, 1.807) is 6.08 Å². The third kappa shape index (κ3) is 29.1. The highest BCUT2D eigenvalue weighted by Gasteiger charge is 2.51. The van der Waals surface area contributed by atoms with Crippen LogP contribution in [-0.2, 0) is 32.7 Å². The minimum Gasteiger partial charge on any atom is -0.462 e. The zero-order valence-electron chi connectivity index (χ0n) is 37.5. The molecule has 0 aromatic rings. The lowest BCUT2D eigenvalue weighted by Crippen LogP contribution is -2.64. The number of allylic oxidation sites excluding steroid dienone is 9. The van der Waals surface area contributed by atoms with Gasteiger partial charge < -0.3 is 45.0 Å². The summed E-state index contributed by atoms with van der Waals surface area (Å²) in [6.45, 7) is 3.03. The lowest BCUT2D eigenvalue weighted by molar-refractivity contribution is -0.220. The maximum absolute atomic E-state index is 12.8. The Morgan fingerprint density at radius 1 is 0.597 bits per heavy atom. The quantitative estimate of drug-likeness (QED) is 0.0103. The minimum absolute atomic E-state index is 0.0489. The van der Waals surface area contributed by atoms with E-state index in [-0.39, 0.29) is 12.8 Å². The highest BCUT2D eigenvalue weighted by atomic mass is 31.2. The van der Waals surface area contributed by atoms with Crippen molar-refractivity contribution < 1.29 is 68.2 Å². The SMILES string of the molecule is CC/C=C\C/C=C\C/C=C\CCCCCCCCCC(=O)OCC(COP(=O)(O)OC1C(O)C(O)C(O)C(O)C1O)OC(=O)CCCCCCC/C=C\C=C\C(O)CCCCC. The Balaban J connectivity index is 2.49. The van der Waals surface area contributed by atoms with E-state index in [9.17, 15) is 49.7 Å². The fraction of sp³-hybridized carbons (Fsp3) is 0.745. The average molecular weight is 901 g/mol. The monoisotopic (exact) mass is 901 g/mol. The summed E-state index contributed by atoms with van der Waals surface area (Å²) in [4.78, 5) is 35.7. The highest BCUT2D eigenvalue weighted by Crippen LogP contribution is 2.47. The van der Waals surface area contributed by atoms with Crippen molar-refractivity contribution in [2.45, 2.75) is 210 Å². The molecule has 1 saturated carbocycles. The Hall–Kier alpha value is -2.49. The van der Waals surface area contributed by atoms with E-state index < -0.39 is 81.8 Å². The molecule has 62 heavy (non-hydrogen) atoms. The number of ether oxygens (including phenoxy) is 2. The van der Waals surface area contributed by atoms with Gasteiger partial charge in [0.15, 0.2) is 6.10 Å². The maximum Gasteiger partial charge on any atom is 0.472 e. The summed E-state index contributed by atoms with van der Waals surface area (Å²) in [5.74, 6) is -1.16. The van der Waals surface area contributed by atoms with E-state index >= 15 is 0 Å². The lowest BCUT2D eigenvalue weighted by atomic mass is 9.85. The van der Waals surface area contributed by atoms with Crippen LogP contribution in [-0.4, -0.2) is 110 Å². The van der Waals surface area contributed by atoms with Gasteiger partial charge in [0.1, 0.15) is 43.2 Å². The largest absolute Gasteiger partial charge is 0.472 e. The number of carbonyl (C=O) groups excluding carboxylic acids is 2. The molecule has 0 heterocycles. The number of hydrogen-bond donors (Lipinski definition) is 7. The van der Waals surface area contributed by atoms with Gasteiger partial charge in [0.25, 0.3) is 0 Å². The van der Waals surface area contributed by atoms with Crippen LogP contribution in [0.15, 0.2) is 60.8 Å². The summed E-state index contributed by atoms with van der Waals surface area (Å²) in [5.41, 5.74) is 0. The van der Waals surface area contributed by atoms with E-state index in [1.165, 1.54) is 0 Å². The summed E-state index contributed by atoms with van der Waals surface area (Å²) < 4.78 is 33.5. The second-order valence-electron chi connectivity index (χ2n) is 16.1. The predicted molar refractivity (Wildman–Crippen MR) is 241 cm³/mol. The third-order valence-corrected chi connectivity index (χ3v) is 11.4. The van der Waals surface area contributed by atoms with Crippen molar-refractivity contribution in [3.63, 3.8) is 0 Å². The van der Waals surface area contributed by atoms with Gasteiger partial charge in [-0.2, -0.15) is 0 Å². The van der Waals surface area contributed by atoms with Crippen LogP contribution >= 0.6 is 7.82 Å². The van der Waals surface area contributed by atoms with Gasteiger partial charge >= 0.3 is 19.8 Å². The summed E-state index contributed by atoms with van der Waals surface area (Å²) in [6, 6.07) is 0. The van der Waals surface area contributed by atoms with Gasteiger partial charge in [-0.15, -0.1) is 0 Å². The van der Waals surface area contributed by atoms with Crippen LogP contribution < -0.4 is 0 Å². The molecule has 1 aliphatic carbocycles. The zero-order chi connectivity index (χ0) is 45.9. The molecule has 358 valence electrons. The number of unbranched alkanes of at least 4 members (excludes halogenated alkanes) is 14. The van der Waals surface area contributed by atoms with Gasteiger partial charge in [0, 0.05) is 12.8 Å². The van der Waals surface area contributed by atoms with Crippen LogP contribution in [0.2, 0.25) is 0 Å². The Labute approximate surface area is 371 Å². The van der Waals surface area contributed by atoms with Crippen LogP contribution in [0.3, 0.4) is 0 Å². The maximum atomic E-state index is 12.8. The Morgan fingerprint density at radius 2 is 1.11 bits per heavy atom. The molecular formula is C47H81O14P. The van der Waals surface area contributed by atoms with Crippen molar-refractivity contribution in [1.29, 1.82) is 0 Å². The molecule has 1 fully saturated rings. The number of aliphatic hydroxyl groups excluding tert-OH is 6. The Bertz CT molecular complexity index is 1330. The first-order chi connectivity index (χ1) is 29.8. The van der Waals surface area contributed by atoms with Crippen molar-refractivity contribution in [1.82, 2.24) is 0 Å². The van der Waals surface area contributed by atoms with Crippen LogP contribution in [0.5, 0.6) is 0 Å². The first-order valence-corrected chi connectivity index (χ1v) is 24.7. The van der Waals surface area contributed by atoms with Crippen molar-refractivity contribution in [3.8, 4) is 0 Å². The summed E-state index contributed by atoms with van der Waals surface area (Å²) in [6.07, 6.45) is 27.3. The van der Waals surface area contributed by atoms with Crippen molar-refractivity contribution in [3.05, 3.63) is 60.8 Å². The number of carbonyl (C=O) groups is 2. The topological polar surface area (TPSA) is 230 Å². The van der Waals surface area contributed by atoms with Crippen molar-refractivity contribution >= 4 is 19.8 Å². The van der Waals surface area contributed by atoms with E-state index in [4.69, 9.17) is 18.5 Å². The van der Waals surface area contributed by atoms with Gasteiger partial charge in [-0.25, -0.2) is 4.57 Å². The molecule has 1 rings (SSSR count). The summed E-state index contributed by atoms with van der Waals surface area (Å²) >= 11 is 0. The first-order valence-electron chi connectivity index (χ1n) is 23.2. The number of rotatable bonds is 37. The minimum atomic E-state index is -5.14. The molecule has 0 amide bonds. The molecule has 15 heteroatoms. The summed E-state index contributed by atoms with van der Waals surface area (Å²) in [7, 11) is -5.14. The van der Waals surface area contributed by atoms with Crippen LogP contribution in [0.1, 0.15) is 162 Å². The fourth-order valence-electron chi connectivity index (χ4n) is 6.67. The Kier molecular flexibility index (Phi) is 34.2. The first kappa shape index (κ1) is 57.5. The number of esters is 2. The van der Waals surface area contributed by atoms with Gasteiger partial charge in [-0.1, -0.05) is 145 Å². The van der Waals surface area contributed by atoms with Gasteiger partial charge in [-0.05, 0) is 64.2 Å². The van der Waals surface area contributed by atoms with E-state index in [2.05, 4.69) is 56.4 Å². The average Bonchev–Trinajstić information content (AvgIpc) is 3.25. The van der Waals surface area contributed by atoms with Gasteiger partial charge in [0.05, 0.1) is 12.7 Å². The van der Waals surface area contributed by atoms with Crippen molar-refractivity contribution in [2.75, 3.05) is 13.2 Å². The molecule has 0 aliphatic heterocycles. The summed E-state index contributed by atoms with van der Waals surface area (Å²) in [5, 5.41) is 60.1. The molecular weight excluding hydrogens is 819 g/mol. The number of phosphoric acid groups is 1. The Morgan fingerprint density at radius 3 is 1.71 bits per heavy atom. The molecule has 0 radical (unpaired) electrons. The zero-order valence-corrected chi connectivity index (χ0v) is 38.4. The van der Waals surface area contributed by atoms with E-state index in [0.29, 0.717) is 12.8 Å². The van der Waals surface area contributed by atoms with Crippen LogP contribution in [0, 0.1) is 0 Å². The number of aliphatic hydroxyl groups is 6. The molecule has 7 N–H and O–H groups in total. The third-order valence-electron chi connectivity index (χ3n) is 10.4. The normalized spacial score (nSPS) is 22.9. The van der Waals surface area contributed by atoms with Gasteiger partial charge in [-0.3, -0.25) is 18.6 Å².